The van der Waals surface area contributed by atoms with Crippen LogP contribution in [0.5, 0.6) is 0 Å². The second kappa shape index (κ2) is 10.0. The first kappa shape index (κ1) is 22.7. The van der Waals surface area contributed by atoms with E-state index in [0.29, 0.717) is 11.7 Å². The van der Waals surface area contributed by atoms with Gasteiger partial charge in [-0.3, -0.25) is 14.4 Å². The SMILES string of the molecule is Cn1nc(C(=O)N2CCSCC2)c2c1CCC(NCC1(N3CCOCC3)CCCCC1)C2. The Kier molecular flexibility index (Phi) is 7.12. The lowest BCUT2D eigenvalue weighted by Gasteiger charge is -2.49. The molecule has 32 heavy (non-hydrogen) atoms. The Bertz CT molecular complexity index is 795. The van der Waals surface area contributed by atoms with Crippen LogP contribution in [-0.4, -0.2) is 94.5 Å². The highest BCUT2D eigenvalue weighted by Gasteiger charge is 2.39. The van der Waals surface area contributed by atoms with Gasteiger partial charge in [0.1, 0.15) is 0 Å². The average molecular weight is 462 g/mol. The lowest BCUT2D eigenvalue weighted by molar-refractivity contribution is -0.0378. The van der Waals surface area contributed by atoms with Crippen LogP contribution in [0, 0.1) is 0 Å². The number of morpholine rings is 1. The summed E-state index contributed by atoms with van der Waals surface area (Å²) in [5, 5.41) is 8.69. The Morgan fingerprint density at radius 1 is 1.16 bits per heavy atom. The number of carbonyl (C=O) groups is 1. The van der Waals surface area contributed by atoms with Crippen LogP contribution in [0.3, 0.4) is 0 Å². The minimum Gasteiger partial charge on any atom is -0.379 e. The fraction of sp³-hybridized carbons (Fsp3) is 0.833. The van der Waals surface area contributed by atoms with E-state index in [2.05, 4.69) is 10.2 Å². The highest BCUT2D eigenvalue weighted by molar-refractivity contribution is 7.99. The third-order valence-electron chi connectivity index (χ3n) is 8.14. The van der Waals surface area contributed by atoms with Crippen LogP contribution in [-0.2, 0) is 24.6 Å². The zero-order chi connectivity index (χ0) is 22.0. The zero-order valence-electron chi connectivity index (χ0n) is 19.6. The molecule has 2 aliphatic heterocycles. The number of rotatable bonds is 5. The van der Waals surface area contributed by atoms with Crippen molar-refractivity contribution in [3.05, 3.63) is 17.0 Å². The highest BCUT2D eigenvalue weighted by atomic mass is 32.2. The zero-order valence-corrected chi connectivity index (χ0v) is 20.4. The van der Waals surface area contributed by atoms with E-state index < -0.39 is 0 Å². The van der Waals surface area contributed by atoms with Gasteiger partial charge in [-0.25, -0.2) is 0 Å². The number of aryl methyl sites for hydroxylation is 1. The number of thioether (sulfide) groups is 1. The number of aromatic nitrogens is 2. The van der Waals surface area contributed by atoms with Crippen molar-refractivity contribution in [1.29, 1.82) is 0 Å². The molecular formula is C24H39N5O2S. The number of carbonyl (C=O) groups excluding carboxylic acids is 1. The van der Waals surface area contributed by atoms with Gasteiger partial charge in [0.15, 0.2) is 5.69 Å². The quantitative estimate of drug-likeness (QED) is 0.725. The maximum atomic E-state index is 13.3. The van der Waals surface area contributed by atoms with Crippen molar-refractivity contribution in [1.82, 2.24) is 24.9 Å². The molecule has 8 heteroatoms. The van der Waals surface area contributed by atoms with E-state index in [1.807, 2.05) is 28.4 Å². The summed E-state index contributed by atoms with van der Waals surface area (Å²) in [4.78, 5) is 18.0. The van der Waals surface area contributed by atoms with Gasteiger partial charge in [-0.05, 0) is 32.1 Å². The number of nitrogens with one attached hydrogen (secondary N) is 1. The van der Waals surface area contributed by atoms with E-state index in [9.17, 15) is 4.79 Å². The van der Waals surface area contributed by atoms with Crippen LogP contribution < -0.4 is 5.32 Å². The molecule has 0 bridgehead atoms. The topological polar surface area (TPSA) is 62.6 Å². The molecule has 3 fully saturated rings. The fourth-order valence-electron chi connectivity index (χ4n) is 6.24. The normalized spacial score (nSPS) is 26.7. The van der Waals surface area contributed by atoms with Crippen LogP contribution in [0.15, 0.2) is 0 Å². The predicted octanol–water partition coefficient (Wildman–Crippen LogP) is 2.09. The van der Waals surface area contributed by atoms with Crippen LogP contribution in [0.25, 0.3) is 0 Å². The summed E-state index contributed by atoms with van der Waals surface area (Å²) in [5.41, 5.74) is 3.45. The standard InChI is InChI=1S/C24H39N5O2S/c1-27-21-6-5-19(17-20(21)22(26-27)23(30)28-11-15-32-16-12-28)25-18-24(7-3-2-4-8-24)29-9-13-31-14-10-29/h19,25H,2-18H2,1H3. The first-order chi connectivity index (χ1) is 15.7. The molecule has 5 rings (SSSR count). The van der Waals surface area contributed by atoms with Crippen molar-refractivity contribution in [2.24, 2.45) is 7.05 Å². The first-order valence-electron chi connectivity index (χ1n) is 12.6. The summed E-state index contributed by atoms with van der Waals surface area (Å²) in [7, 11) is 2.00. The number of ether oxygens (including phenoxy) is 1. The average Bonchev–Trinajstić information content (AvgIpc) is 3.19. The molecule has 1 aromatic heterocycles. The van der Waals surface area contributed by atoms with Gasteiger partial charge in [0.25, 0.3) is 5.91 Å². The van der Waals surface area contributed by atoms with Crippen molar-refractivity contribution in [2.45, 2.75) is 62.9 Å². The van der Waals surface area contributed by atoms with Gasteiger partial charge in [-0.2, -0.15) is 16.9 Å². The van der Waals surface area contributed by atoms with Crippen molar-refractivity contribution < 1.29 is 9.53 Å². The number of hydrogen-bond donors (Lipinski definition) is 1. The van der Waals surface area contributed by atoms with E-state index in [4.69, 9.17) is 9.84 Å². The second-order valence-electron chi connectivity index (χ2n) is 10.0. The maximum absolute atomic E-state index is 13.3. The van der Waals surface area contributed by atoms with Crippen molar-refractivity contribution in [3.8, 4) is 0 Å². The minimum absolute atomic E-state index is 0.139. The number of hydrogen-bond acceptors (Lipinski definition) is 6. The summed E-state index contributed by atoms with van der Waals surface area (Å²) in [5.74, 6) is 2.21. The van der Waals surface area contributed by atoms with E-state index in [1.165, 1.54) is 43.4 Å². The lowest BCUT2D eigenvalue weighted by atomic mass is 9.79. The van der Waals surface area contributed by atoms with Gasteiger partial charge in [0, 0.05) is 74.1 Å². The first-order valence-corrected chi connectivity index (χ1v) is 13.8. The van der Waals surface area contributed by atoms with Gasteiger partial charge >= 0.3 is 0 Å². The van der Waals surface area contributed by atoms with Gasteiger partial charge in [0.05, 0.1) is 13.2 Å². The summed E-state index contributed by atoms with van der Waals surface area (Å²) in [6.07, 6.45) is 9.68. The molecule has 1 N–H and O–H groups in total. The molecule has 3 heterocycles. The molecule has 178 valence electrons. The van der Waals surface area contributed by atoms with Gasteiger partial charge < -0.3 is 15.0 Å². The second-order valence-corrected chi connectivity index (χ2v) is 11.2. The molecule has 4 aliphatic rings. The molecule has 1 unspecified atom stereocenters. The molecular weight excluding hydrogens is 422 g/mol. The third-order valence-corrected chi connectivity index (χ3v) is 9.08. The van der Waals surface area contributed by atoms with Crippen LogP contribution in [0.2, 0.25) is 0 Å². The maximum Gasteiger partial charge on any atom is 0.274 e. The Labute approximate surface area is 196 Å². The molecule has 1 atom stereocenters. The van der Waals surface area contributed by atoms with Gasteiger partial charge in [-0.15, -0.1) is 0 Å². The third kappa shape index (κ3) is 4.61. The molecule has 1 aromatic rings. The smallest absolute Gasteiger partial charge is 0.274 e. The van der Waals surface area contributed by atoms with Gasteiger partial charge in [0.2, 0.25) is 0 Å². The summed E-state index contributed by atoms with van der Waals surface area (Å²) in [6.45, 7) is 6.60. The molecule has 0 radical (unpaired) electrons. The van der Waals surface area contributed by atoms with E-state index in [-0.39, 0.29) is 11.4 Å². The highest BCUT2D eigenvalue weighted by Crippen LogP contribution is 2.34. The molecule has 2 saturated heterocycles. The van der Waals surface area contributed by atoms with Crippen molar-refractivity contribution in [2.75, 3.05) is 57.4 Å². The summed E-state index contributed by atoms with van der Waals surface area (Å²) >= 11 is 1.94. The fourth-order valence-corrected chi connectivity index (χ4v) is 7.14. The minimum atomic E-state index is 0.139. The van der Waals surface area contributed by atoms with Crippen LogP contribution >= 0.6 is 11.8 Å². The molecule has 1 saturated carbocycles. The molecule has 1 amide bonds. The van der Waals surface area contributed by atoms with E-state index in [0.717, 1.165) is 76.7 Å². The molecule has 2 aliphatic carbocycles. The van der Waals surface area contributed by atoms with Crippen molar-refractivity contribution >= 4 is 17.7 Å². The molecule has 0 aromatic carbocycles. The largest absolute Gasteiger partial charge is 0.379 e. The van der Waals surface area contributed by atoms with Crippen LogP contribution in [0.4, 0.5) is 0 Å². The Hall–Kier alpha value is -1.09. The number of nitrogens with zero attached hydrogens (tertiary/aromatic N) is 4. The Balaban J connectivity index is 1.28. The Morgan fingerprint density at radius 3 is 2.66 bits per heavy atom. The monoisotopic (exact) mass is 461 g/mol. The van der Waals surface area contributed by atoms with E-state index >= 15 is 0 Å². The number of amides is 1. The van der Waals surface area contributed by atoms with E-state index in [1.54, 1.807) is 0 Å². The van der Waals surface area contributed by atoms with Gasteiger partial charge in [-0.1, -0.05) is 19.3 Å². The lowest BCUT2D eigenvalue weighted by Crippen LogP contribution is -2.60. The predicted molar refractivity (Wildman–Crippen MR) is 128 cm³/mol. The summed E-state index contributed by atoms with van der Waals surface area (Å²) < 4.78 is 7.61. The molecule has 0 spiro atoms. The van der Waals surface area contributed by atoms with Crippen molar-refractivity contribution in [3.63, 3.8) is 0 Å². The van der Waals surface area contributed by atoms with Crippen LogP contribution in [0.1, 0.15) is 60.3 Å². The number of fused-ring (bicyclic) bond motifs is 1. The molecule has 7 nitrogen and oxygen atoms in total. The summed E-state index contributed by atoms with van der Waals surface area (Å²) in [6, 6.07) is 0.426. The Morgan fingerprint density at radius 2 is 1.91 bits per heavy atom.